The number of carbonyl (C=O) groups excluding carboxylic acids is 2. The van der Waals surface area contributed by atoms with Crippen LogP contribution in [0.1, 0.15) is 54.7 Å². The highest BCUT2D eigenvalue weighted by Gasteiger charge is 2.37. The Morgan fingerprint density at radius 1 is 1.18 bits per heavy atom. The molecule has 2 aliphatic heterocycles. The Bertz CT molecular complexity index is 1110. The summed E-state index contributed by atoms with van der Waals surface area (Å²) in [6.07, 6.45) is 1.95. The van der Waals surface area contributed by atoms with Gasteiger partial charge >= 0.3 is 5.97 Å². The van der Waals surface area contributed by atoms with Gasteiger partial charge in [-0.3, -0.25) is 4.79 Å². The third-order valence-corrected chi connectivity index (χ3v) is 6.92. The van der Waals surface area contributed by atoms with Crippen molar-refractivity contribution in [2.24, 2.45) is 4.99 Å². The zero-order valence-electron chi connectivity index (χ0n) is 19.3. The minimum absolute atomic E-state index is 0.161. The van der Waals surface area contributed by atoms with Crippen molar-refractivity contribution in [3.8, 4) is 0 Å². The molecule has 0 radical (unpaired) electrons. The normalized spacial score (nSPS) is 17.8. The summed E-state index contributed by atoms with van der Waals surface area (Å²) in [5.41, 5.74) is 4.65. The van der Waals surface area contributed by atoms with Gasteiger partial charge in [0.15, 0.2) is 5.17 Å². The second-order valence-corrected chi connectivity index (χ2v) is 9.10. The Morgan fingerprint density at radius 3 is 2.70 bits per heavy atom. The maximum Gasteiger partial charge on any atom is 0.338 e. The van der Waals surface area contributed by atoms with Gasteiger partial charge in [-0.05, 0) is 62.1 Å². The van der Waals surface area contributed by atoms with Crippen LogP contribution in [0, 0.1) is 0 Å². The van der Waals surface area contributed by atoms with E-state index in [0.29, 0.717) is 29.1 Å². The third kappa shape index (κ3) is 4.98. The van der Waals surface area contributed by atoms with E-state index in [2.05, 4.69) is 17.1 Å². The number of aliphatic imine (C=N–C) groups is 1. The summed E-state index contributed by atoms with van der Waals surface area (Å²) in [6.45, 7) is 6.88. The van der Waals surface area contributed by atoms with Crippen LogP contribution in [0.2, 0.25) is 0 Å². The molecule has 6 nitrogen and oxygen atoms in total. The molecular weight excluding hydrogens is 434 g/mol. The van der Waals surface area contributed by atoms with Gasteiger partial charge in [-0.25, -0.2) is 9.79 Å². The molecule has 1 saturated heterocycles. The number of fused-ring (bicyclic) bond motifs is 1. The Labute approximate surface area is 199 Å². The van der Waals surface area contributed by atoms with Gasteiger partial charge in [-0.15, -0.1) is 0 Å². The molecule has 1 N–H and O–H groups in total. The summed E-state index contributed by atoms with van der Waals surface area (Å²) in [5, 5.41) is 3.94. The highest BCUT2D eigenvalue weighted by molar-refractivity contribution is 8.13. The Balaban J connectivity index is 1.65. The summed E-state index contributed by atoms with van der Waals surface area (Å²) < 4.78 is 5.39. The number of aryl methyl sites for hydroxylation is 1. The molecule has 33 heavy (non-hydrogen) atoms. The molecule has 2 aromatic rings. The van der Waals surface area contributed by atoms with E-state index in [4.69, 9.17) is 9.73 Å². The van der Waals surface area contributed by atoms with Gasteiger partial charge < -0.3 is 15.0 Å². The predicted molar refractivity (Wildman–Crippen MR) is 134 cm³/mol. The van der Waals surface area contributed by atoms with Crippen molar-refractivity contribution in [3.05, 3.63) is 76.5 Å². The van der Waals surface area contributed by atoms with Crippen molar-refractivity contribution in [2.75, 3.05) is 24.2 Å². The van der Waals surface area contributed by atoms with Crippen LogP contribution in [-0.4, -0.2) is 40.8 Å². The minimum Gasteiger partial charge on any atom is -0.463 e. The number of anilines is 1. The lowest BCUT2D eigenvalue weighted by Gasteiger charge is -2.40. The number of nitrogens with one attached hydrogen (secondary N) is 1. The molecule has 0 aliphatic carbocycles. The number of carbonyl (C=O) groups is 2. The molecule has 7 heteroatoms. The molecule has 2 heterocycles. The number of allylic oxidation sites excluding steroid dienone is 1. The fraction of sp³-hybridized carbons (Fsp3) is 0.346. The maximum atomic E-state index is 12.9. The lowest BCUT2D eigenvalue weighted by atomic mass is 9.94. The number of hydrogen-bond donors (Lipinski definition) is 1. The van der Waals surface area contributed by atoms with E-state index in [1.165, 1.54) is 5.56 Å². The number of rotatable bonds is 6. The van der Waals surface area contributed by atoms with E-state index in [1.54, 1.807) is 18.7 Å². The number of hydrogen-bond acceptors (Lipinski definition) is 6. The Morgan fingerprint density at radius 2 is 1.97 bits per heavy atom. The first-order chi connectivity index (χ1) is 16.0. The molecular formula is C26H29N3O3S. The second-order valence-electron chi connectivity index (χ2n) is 8.04. The van der Waals surface area contributed by atoms with E-state index < -0.39 is 0 Å². The Kier molecular flexibility index (Phi) is 7.18. The molecule has 0 saturated carbocycles. The van der Waals surface area contributed by atoms with Crippen molar-refractivity contribution >= 4 is 34.5 Å². The van der Waals surface area contributed by atoms with Crippen LogP contribution in [0.3, 0.4) is 0 Å². The van der Waals surface area contributed by atoms with Crippen LogP contribution < -0.4 is 5.32 Å². The first-order valence-corrected chi connectivity index (χ1v) is 12.4. The molecule has 1 amide bonds. The van der Waals surface area contributed by atoms with Gasteiger partial charge in [-0.1, -0.05) is 43.0 Å². The fourth-order valence-electron chi connectivity index (χ4n) is 4.17. The standard InChI is InChI=1S/C26H29N3O3S/c1-4-18-10-12-19(13-11-18)24(30)28-21-9-6-8-20(16-21)23-22(25(31)32-5-2)17(3)27-26-29(23)14-7-15-33-26/h6,8-13,16,23H,4-5,7,14-15H2,1-3H3,(H,28,30)/t23-/m1/s1. The summed E-state index contributed by atoms with van der Waals surface area (Å²) in [7, 11) is 0. The summed E-state index contributed by atoms with van der Waals surface area (Å²) in [6, 6.07) is 15.0. The maximum absolute atomic E-state index is 12.9. The topological polar surface area (TPSA) is 71.0 Å². The first-order valence-electron chi connectivity index (χ1n) is 11.4. The summed E-state index contributed by atoms with van der Waals surface area (Å²) in [4.78, 5) is 32.6. The molecule has 0 bridgehead atoms. The van der Waals surface area contributed by atoms with Gasteiger partial charge in [0.25, 0.3) is 5.91 Å². The molecule has 1 atom stereocenters. The van der Waals surface area contributed by atoms with Gasteiger partial charge in [0.2, 0.25) is 0 Å². The van der Waals surface area contributed by atoms with Crippen molar-refractivity contribution in [2.45, 2.75) is 39.7 Å². The quantitative estimate of drug-likeness (QED) is 0.597. The number of ether oxygens (including phenoxy) is 1. The minimum atomic E-state index is -0.344. The highest BCUT2D eigenvalue weighted by atomic mass is 32.2. The van der Waals surface area contributed by atoms with E-state index in [9.17, 15) is 9.59 Å². The number of thioether (sulfide) groups is 1. The van der Waals surface area contributed by atoms with E-state index >= 15 is 0 Å². The van der Waals surface area contributed by atoms with Crippen LogP contribution in [0.4, 0.5) is 5.69 Å². The summed E-state index contributed by atoms with van der Waals surface area (Å²) >= 11 is 1.71. The molecule has 2 aliphatic rings. The lowest BCUT2D eigenvalue weighted by molar-refractivity contribution is -0.139. The van der Waals surface area contributed by atoms with Crippen molar-refractivity contribution in [1.82, 2.24) is 4.90 Å². The third-order valence-electron chi connectivity index (χ3n) is 5.84. The van der Waals surface area contributed by atoms with Gasteiger partial charge in [0, 0.05) is 23.5 Å². The Hall–Kier alpha value is -3.06. The number of esters is 1. The lowest BCUT2D eigenvalue weighted by Crippen LogP contribution is -2.42. The number of amidine groups is 1. The van der Waals surface area contributed by atoms with Crippen molar-refractivity contribution in [3.63, 3.8) is 0 Å². The second kappa shape index (κ2) is 10.3. The fourth-order valence-corrected chi connectivity index (χ4v) is 5.19. The van der Waals surface area contributed by atoms with Crippen molar-refractivity contribution in [1.29, 1.82) is 0 Å². The molecule has 4 rings (SSSR count). The van der Waals surface area contributed by atoms with E-state index in [-0.39, 0.29) is 17.9 Å². The number of amides is 1. The highest BCUT2D eigenvalue weighted by Crippen LogP contribution is 2.40. The van der Waals surface area contributed by atoms with Crippen LogP contribution in [0.15, 0.2) is 64.8 Å². The summed E-state index contributed by atoms with van der Waals surface area (Å²) in [5.74, 6) is 0.507. The zero-order valence-corrected chi connectivity index (χ0v) is 20.1. The van der Waals surface area contributed by atoms with Gasteiger partial charge in [0.1, 0.15) is 0 Å². The molecule has 0 unspecified atom stereocenters. The number of benzene rings is 2. The number of nitrogens with zero attached hydrogens (tertiary/aromatic N) is 2. The van der Waals surface area contributed by atoms with Crippen LogP contribution in [0.25, 0.3) is 0 Å². The van der Waals surface area contributed by atoms with Crippen LogP contribution >= 0.6 is 11.8 Å². The average Bonchev–Trinajstić information content (AvgIpc) is 2.83. The van der Waals surface area contributed by atoms with E-state index in [0.717, 1.165) is 35.9 Å². The van der Waals surface area contributed by atoms with Crippen molar-refractivity contribution < 1.29 is 14.3 Å². The van der Waals surface area contributed by atoms with Gasteiger partial charge in [-0.2, -0.15) is 0 Å². The molecule has 172 valence electrons. The van der Waals surface area contributed by atoms with Gasteiger partial charge in [0.05, 0.1) is 23.9 Å². The first kappa shape index (κ1) is 23.1. The molecule has 1 fully saturated rings. The SMILES string of the molecule is CCOC(=O)C1=C(C)N=C2SCCCN2[C@@H]1c1cccc(NC(=O)c2ccc(CC)cc2)c1. The molecule has 0 aromatic heterocycles. The monoisotopic (exact) mass is 463 g/mol. The molecule has 0 spiro atoms. The average molecular weight is 464 g/mol. The molecule has 2 aromatic carbocycles. The van der Waals surface area contributed by atoms with E-state index in [1.807, 2.05) is 55.5 Å². The predicted octanol–water partition coefficient (Wildman–Crippen LogP) is 5.19. The smallest absolute Gasteiger partial charge is 0.338 e. The van der Waals surface area contributed by atoms with Crippen LogP contribution in [0.5, 0.6) is 0 Å². The van der Waals surface area contributed by atoms with Crippen LogP contribution in [-0.2, 0) is 16.0 Å². The largest absolute Gasteiger partial charge is 0.463 e. The zero-order chi connectivity index (χ0) is 23.4.